The first kappa shape index (κ1) is 19.3. The molecule has 6 heteroatoms. The summed E-state index contributed by atoms with van der Waals surface area (Å²) in [5.41, 5.74) is 11.0. The number of hydrogen-bond acceptors (Lipinski definition) is 3. The van der Waals surface area contributed by atoms with Crippen molar-refractivity contribution in [2.45, 2.75) is 26.5 Å². The van der Waals surface area contributed by atoms with Crippen LogP contribution in [0, 0.1) is 20.8 Å². The summed E-state index contributed by atoms with van der Waals surface area (Å²) in [5.74, 6) is 1.06. The fourth-order valence-electron chi connectivity index (χ4n) is 2.22. The Bertz CT molecular complexity index is 745. The molecule has 0 atom stereocenters. The molecule has 0 bridgehead atoms. The minimum absolute atomic E-state index is 0.109. The minimum Gasteiger partial charge on any atom is -0.331 e. The molecule has 25 heavy (non-hydrogen) atoms. The van der Waals surface area contributed by atoms with E-state index in [0.29, 0.717) is 10.9 Å². The van der Waals surface area contributed by atoms with Crippen LogP contribution in [0.1, 0.15) is 22.3 Å². The van der Waals surface area contributed by atoms with Gasteiger partial charge in [-0.25, -0.2) is 0 Å². The van der Waals surface area contributed by atoms with Crippen LogP contribution in [-0.2, 0) is 10.5 Å². The second-order valence-electron chi connectivity index (χ2n) is 5.92. The van der Waals surface area contributed by atoms with Gasteiger partial charge in [0.15, 0.2) is 5.11 Å². The van der Waals surface area contributed by atoms with E-state index in [9.17, 15) is 4.79 Å². The van der Waals surface area contributed by atoms with Crippen molar-refractivity contribution < 1.29 is 4.79 Å². The van der Waals surface area contributed by atoms with Crippen molar-refractivity contribution in [1.82, 2.24) is 10.9 Å². The highest BCUT2D eigenvalue weighted by atomic mass is 32.2. The number of hydrazine groups is 1. The minimum atomic E-state index is -0.109. The number of nitrogens with one attached hydrogen (secondary N) is 3. The van der Waals surface area contributed by atoms with Crippen LogP contribution < -0.4 is 16.2 Å². The van der Waals surface area contributed by atoms with Gasteiger partial charge in [-0.05, 0) is 50.2 Å². The summed E-state index contributed by atoms with van der Waals surface area (Å²) < 4.78 is 0. The van der Waals surface area contributed by atoms with Gasteiger partial charge in [-0.2, -0.15) is 0 Å². The Morgan fingerprint density at radius 3 is 2.36 bits per heavy atom. The lowest BCUT2D eigenvalue weighted by atomic mass is 10.1. The zero-order chi connectivity index (χ0) is 18.2. The van der Waals surface area contributed by atoms with Crippen LogP contribution in [0.15, 0.2) is 42.5 Å². The van der Waals surface area contributed by atoms with E-state index in [4.69, 9.17) is 12.2 Å². The summed E-state index contributed by atoms with van der Waals surface area (Å²) in [6.45, 7) is 6.12. The third kappa shape index (κ3) is 6.76. The van der Waals surface area contributed by atoms with Gasteiger partial charge in [0.05, 0.1) is 5.75 Å². The normalized spacial score (nSPS) is 10.2. The number of rotatable bonds is 5. The molecule has 3 N–H and O–H groups in total. The Morgan fingerprint density at radius 1 is 1.00 bits per heavy atom. The average molecular weight is 374 g/mol. The van der Waals surface area contributed by atoms with Crippen LogP contribution in [-0.4, -0.2) is 16.8 Å². The molecule has 0 spiro atoms. The summed E-state index contributed by atoms with van der Waals surface area (Å²) in [6, 6.07) is 14.4. The number of carbonyl (C=O) groups excluding carboxylic acids is 1. The molecule has 0 aliphatic rings. The first-order valence-corrected chi connectivity index (χ1v) is 9.57. The van der Waals surface area contributed by atoms with Gasteiger partial charge in [0.1, 0.15) is 0 Å². The number of hydrogen-bond donors (Lipinski definition) is 3. The van der Waals surface area contributed by atoms with Crippen molar-refractivity contribution in [3.8, 4) is 0 Å². The van der Waals surface area contributed by atoms with Crippen LogP contribution >= 0.6 is 24.0 Å². The highest BCUT2D eigenvalue weighted by Gasteiger charge is 2.05. The highest BCUT2D eigenvalue weighted by Crippen LogP contribution is 2.15. The fraction of sp³-hybridized carbons (Fsp3) is 0.263. The molecule has 0 unspecified atom stereocenters. The van der Waals surface area contributed by atoms with E-state index < -0.39 is 0 Å². The third-order valence-electron chi connectivity index (χ3n) is 3.57. The molecule has 0 fully saturated rings. The van der Waals surface area contributed by atoms with E-state index in [2.05, 4.69) is 53.4 Å². The molecule has 2 rings (SSSR count). The van der Waals surface area contributed by atoms with E-state index >= 15 is 0 Å². The van der Waals surface area contributed by atoms with Gasteiger partial charge < -0.3 is 5.32 Å². The van der Waals surface area contributed by atoms with Gasteiger partial charge >= 0.3 is 0 Å². The maximum Gasteiger partial charge on any atom is 0.248 e. The van der Waals surface area contributed by atoms with Crippen LogP contribution in [0.2, 0.25) is 0 Å². The number of anilines is 1. The summed E-state index contributed by atoms with van der Waals surface area (Å²) >= 11 is 6.77. The number of carbonyl (C=O) groups is 1. The van der Waals surface area contributed by atoms with Gasteiger partial charge in [-0.15, -0.1) is 11.8 Å². The fourth-order valence-corrected chi connectivity index (χ4v) is 3.16. The second kappa shape index (κ2) is 9.44. The summed E-state index contributed by atoms with van der Waals surface area (Å²) in [5, 5.41) is 3.44. The molecule has 0 aliphatic carbocycles. The van der Waals surface area contributed by atoms with Crippen molar-refractivity contribution in [2.75, 3.05) is 11.1 Å². The standard InChI is InChI=1S/C19H23N3OS2/c1-13-4-7-16(8-5-13)11-25-12-18(23)21-22-19(24)20-17-9-6-14(2)10-15(17)3/h4-10H,11-12H2,1-3H3,(H,21,23)(H2,20,22,24). The molecule has 0 heterocycles. The predicted molar refractivity (Wildman–Crippen MR) is 111 cm³/mol. The average Bonchev–Trinajstić information content (AvgIpc) is 2.57. The lowest BCUT2D eigenvalue weighted by Crippen LogP contribution is -2.44. The van der Waals surface area contributed by atoms with Crippen molar-refractivity contribution in [2.24, 2.45) is 0 Å². The van der Waals surface area contributed by atoms with E-state index in [0.717, 1.165) is 17.0 Å². The first-order valence-electron chi connectivity index (χ1n) is 8.00. The molecule has 0 radical (unpaired) electrons. The Morgan fingerprint density at radius 2 is 1.68 bits per heavy atom. The molecular weight excluding hydrogens is 350 g/mol. The lowest BCUT2D eigenvalue weighted by Gasteiger charge is -2.13. The second-order valence-corrected chi connectivity index (χ2v) is 7.32. The zero-order valence-electron chi connectivity index (χ0n) is 14.7. The number of thioether (sulfide) groups is 1. The smallest absolute Gasteiger partial charge is 0.248 e. The van der Waals surface area contributed by atoms with Gasteiger partial charge in [-0.3, -0.25) is 15.6 Å². The van der Waals surface area contributed by atoms with Crippen molar-refractivity contribution in [3.63, 3.8) is 0 Å². The highest BCUT2D eigenvalue weighted by molar-refractivity contribution is 7.99. The predicted octanol–water partition coefficient (Wildman–Crippen LogP) is 3.86. The van der Waals surface area contributed by atoms with Crippen molar-refractivity contribution >= 4 is 40.7 Å². The van der Waals surface area contributed by atoms with Crippen LogP contribution in [0.4, 0.5) is 5.69 Å². The van der Waals surface area contributed by atoms with E-state index in [-0.39, 0.29) is 5.91 Å². The molecule has 0 saturated carbocycles. The van der Waals surface area contributed by atoms with Gasteiger partial charge in [0, 0.05) is 11.4 Å². The molecule has 0 saturated heterocycles. The SMILES string of the molecule is Cc1ccc(CSCC(=O)NNC(=S)Nc2ccc(C)cc2C)cc1. The summed E-state index contributed by atoms with van der Waals surface area (Å²) in [6.07, 6.45) is 0. The Hall–Kier alpha value is -2.05. The largest absolute Gasteiger partial charge is 0.331 e. The lowest BCUT2D eigenvalue weighted by molar-refractivity contribution is -0.119. The number of aryl methyl sites for hydroxylation is 3. The Kier molecular flexibility index (Phi) is 7.28. The Balaban J connectivity index is 1.68. The maximum absolute atomic E-state index is 11.9. The number of amides is 1. The molecule has 132 valence electrons. The monoisotopic (exact) mass is 373 g/mol. The van der Waals surface area contributed by atoms with Crippen LogP contribution in [0.5, 0.6) is 0 Å². The molecule has 2 aromatic rings. The molecule has 0 aliphatic heterocycles. The van der Waals surface area contributed by atoms with Gasteiger partial charge in [0.2, 0.25) is 5.91 Å². The molecule has 2 aromatic carbocycles. The number of benzene rings is 2. The number of thiocarbonyl (C=S) groups is 1. The maximum atomic E-state index is 11.9. The first-order chi connectivity index (χ1) is 11.9. The van der Waals surface area contributed by atoms with Gasteiger partial charge in [-0.1, -0.05) is 47.5 Å². The quantitative estimate of drug-likeness (QED) is 0.549. The molecule has 0 aromatic heterocycles. The zero-order valence-corrected chi connectivity index (χ0v) is 16.3. The Labute approximate surface area is 158 Å². The van der Waals surface area contributed by atoms with E-state index in [1.807, 2.05) is 26.0 Å². The van der Waals surface area contributed by atoms with Crippen molar-refractivity contribution in [3.05, 3.63) is 64.7 Å². The summed E-state index contributed by atoms with van der Waals surface area (Å²) in [4.78, 5) is 11.9. The molecular formula is C19H23N3OS2. The van der Waals surface area contributed by atoms with E-state index in [1.54, 1.807) is 11.8 Å². The van der Waals surface area contributed by atoms with Crippen LogP contribution in [0.3, 0.4) is 0 Å². The molecule has 4 nitrogen and oxygen atoms in total. The van der Waals surface area contributed by atoms with Gasteiger partial charge in [0.25, 0.3) is 0 Å². The molecule has 1 amide bonds. The topological polar surface area (TPSA) is 53.2 Å². The van der Waals surface area contributed by atoms with Crippen molar-refractivity contribution in [1.29, 1.82) is 0 Å². The van der Waals surface area contributed by atoms with Crippen LogP contribution in [0.25, 0.3) is 0 Å². The third-order valence-corrected chi connectivity index (χ3v) is 4.78. The summed E-state index contributed by atoms with van der Waals surface area (Å²) in [7, 11) is 0. The van der Waals surface area contributed by atoms with E-state index in [1.165, 1.54) is 16.7 Å².